The topological polar surface area (TPSA) is 82.3 Å². The van der Waals surface area contributed by atoms with Gasteiger partial charge in [0.15, 0.2) is 0 Å². The molecule has 2 unspecified atom stereocenters. The lowest BCUT2D eigenvalue weighted by molar-refractivity contribution is -0.127. The molecule has 1 fully saturated rings. The minimum atomic E-state index is -0.318. The van der Waals surface area contributed by atoms with Gasteiger partial charge >= 0.3 is 0 Å². The van der Waals surface area contributed by atoms with E-state index in [1.54, 1.807) is 0 Å². The van der Waals surface area contributed by atoms with Crippen molar-refractivity contribution < 1.29 is 9.59 Å². The van der Waals surface area contributed by atoms with Gasteiger partial charge < -0.3 is 21.3 Å². The number of carbonyl (C=O) groups is 2. The Balaban J connectivity index is 1.61. The molecule has 0 aromatic heterocycles. The summed E-state index contributed by atoms with van der Waals surface area (Å²) in [6.07, 6.45) is 3.99. The van der Waals surface area contributed by atoms with E-state index < -0.39 is 0 Å². The van der Waals surface area contributed by atoms with Crippen LogP contribution in [-0.4, -0.2) is 35.0 Å². The number of benzene rings is 2. The highest BCUT2D eigenvalue weighted by Gasteiger charge is 2.44. The largest absolute Gasteiger partial charge is 0.351 e. The minimum absolute atomic E-state index is 0.0382. The van der Waals surface area contributed by atoms with Crippen LogP contribution in [0.3, 0.4) is 0 Å². The standard InChI is InChI=1S/C36H56N4O2/c1-33(2,3)29(31(41)37-24-26-16-12-10-13-17-26)39-35(7,8)28-20-22-36(9,23-21-28)40-30(34(4,5)6)32(42)38-25-27-18-14-11-15-19-27/h10-19,28-30,39-40H,20-25H2,1-9H3,(H,37,41)(H,38,42). The van der Waals surface area contributed by atoms with Crippen molar-refractivity contribution in [3.8, 4) is 0 Å². The molecule has 6 nitrogen and oxygen atoms in total. The van der Waals surface area contributed by atoms with Crippen molar-refractivity contribution in [1.29, 1.82) is 0 Å². The molecule has 1 saturated carbocycles. The first-order valence-corrected chi connectivity index (χ1v) is 15.7. The molecule has 0 heterocycles. The highest BCUT2D eigenvalue weighted by molar-refractivity contribution is 5.83. The summed E-state index contributed by atoms with van der Waals surface area (Å²) in [7, 11) is 0. The van der Waals surface area contributed by atoms with Gasteiger partial charge in [0.05, 0.1) is 12.1 Å². The highest BCUT2D eigenvalue weighted by atomic mass is 16.2. The van der Waals surface area contributed by atoms with Gasteiger partial charge in [0.25, 0.3) is 0 Å². The molecule has 232 valence electrons. The zero-order valence-electron chi connectivity index (χ0n) is 27.6. The van der Waals surface area contributed by atoms with Crippen LogP contribution in [0.2, 0.25) is 0 Å². The third-order valence-electron chi connectivity index (χ3n) is 8.99. The molecule has 0 bridgehead atoms. The van der Waals surface area contributed by atoms with Gasteiger partial charge in [-0.1, -0.05) is 102 Å². The van der Waals surface area contributed by atoms with Crippen LogP contribution in [-0.2, 0) is 22.7 Å². The van der Waals surface area contributed by atoms with E-state index in [4.69, 9.17) is 0 Å². The van der Waals surface area contributed by atoms with Crippen LogP contribution in [0, 0.1) is 16.7 Å². The van der Waals surface area contributed by atoms with Gasteiger partial charge in [0.2, 0.25) is 11.8 Å². The van der Waals surface area contributed by atoms with Crippen LogP contribution in [0.15, 0.2) is 60.7 Å². The molecule has 0 aliphatic heterocycles. The van der Waals surface area contributed by atoms with E-state index in [-0.39, 0.29) is 45.8 Å². The summed E-state index contributed by atoms with van der Waals surface area (Å²) in [5, 5.41) is 13.9. The number of hydrogen-bond acceptors (Lipinski definition) is 4. The average Bonchev–Trinajstić information content (AvgIpc) is 2.92. The van der Waals surface area contributed by atoms with E-state index in [1.165, 1.54) is 0 Å². The maximum Gasteiger partial charge on any atom is 0.237 e. The fraction of sp³-hybridized carbons (Fsp3) is 0.611. The van der Waals surface area contributed by atoms with Crippen molar-refractivity contribution >= 4 is 11.8 Å². The number of hydrogen-bond donors (Lipinski definition) is 4. The molecular weight excluding hydrogens is 520 g/mol. The molecule has 2 atom stereocenters. The van der Waals surface area contributed by atoms with Gasteiger partial charge in [-0.25, -0.2) is 0 Å². The monoisotopic (exact) mass is 576 g/mol. The Kier molecular flexibility index (Phi) is 11.0. The normalized spacial score (nSPS) is 21.3. The fourth-order valence-electron chi connectivity index (χ4n) is 6.08. The summed E-state index contributed by atoms with van der Waals surface area (Å²) in [6, 6.07) is 19.5. The molecule has 3 rings (SSSR count). The predicted molar refractivity (Wildman–Crippen MR) is 174 cm³/mol. The molecule has 6 heteroatoms. The lowest BCUT2D eigenvalue weighted by atomic mass is 9.69. The van der Waals surface area contributed by atoms with E-state index >= 15 is 0 Å². The van der Waals surface area contributed by atoms with Crippen LogP contribution in [0.4, 0.5) is 0 Å². The zero-order chi connectivity index (χ0) is 31.2. The van der Waals surface area contributed by atoms with Crippen molar-refractivity contribution in [2.45, 2.75) is 124 Å². The van der Waals surface area contributed by atoms with Crippen molar-refractivity contribution in [2.24, 2.45) is 16.7 Å². The highest BCUT2D eigenvalue weighted by Crippen LogP contribution is 2.39. The van der Waals surface area contributed by atoms with Crippen LogP contribution < -0.4 is 21.3 Å². The molecule has 4 N–H and O–H groups in total. The third-order valence-corrected chi connectivity index (χ3v) is 8.99. The van der Waals surface area contributed by atoms with Crippen LogP contribution in [0.5, 0.6) is 0 Å². The maximum atomic E-state index is 13.4. The van der Waals surface area contributed by atoms with Crippen molar-refractivity contribution in [2.75, 3.05) is 0 Å². The Labute approximate surface area is 255 Å². The lowest BCUT2D eigenvalue weighted by Gasteiger charge is -2.48. The SMILES string of the molecule is CC1(NC(C(=O)NCc2ccccc2)C(C)(C)C)CCC(C(C)(C)NC(C(=O)NCc2ccccc2)C(C)(C)C)CC1. The number of nitrogens with one attached hydrogen (secondary N) is 4. The Hall–Kier alpha value is -2.70. The van der Waals surface area contributed by atoms with Crippen molar-refractivity contribution in [3.05, 3.63) is 71.8 Å². The fourth-order valence-corrected chi connectivity index (χ4v) is 6.08. The Morgan fingerprint density at radius 3 is 1.52 bits per heavy atom. The Bertz CT molecular complexity index is 1140. The van der Waals surface area contributed by atoms with E-state index in [1.807, 2.05) is 60.7 Å². The summed E-state index contributed by atoms with van der Waals surface area (Å²) in [5.41, 5.74) is 1.37. The van der Waals surface area contributed by atoms with E-state index in [9.17, 15) is 9.59 Å². The van der Waals surface area contributed by atoms with Crippen molar-refractivity contribution in [1.82, 2.24) is 21.3 Å². The third kappa shape index (κ3) is 9.67. The summed E-state index contributed by atoms with van der Waals surface area (Å²) >= 11 is 0. The number of amides is 2. The minimum Gasteiger partial charge on any atom is -0.351 e. The van der Waals surface area contributed by atoms with E-state index in [0.29, 0.717) is 19.0 Å². The summed E-state index contributed by atoms with van der Waals surface area (Å²) in [6.45, 7) is 20.6. The smallest absolute Gasteiger partial charge is 0.237 e. The molecule has 0 radical (unpaired) electrons. The first-order valence-electron chi connectivity index (χ1n) is 15.7. The van der Waals surface area contributed by atoms with Gasteiger partial charge in [0, 0.05) is 24.2 Å². The quantitative estimate of drug-likeness (QED) is 0.251. The van der Waals surface area contributed by atoms with Gasteiger partial charge in [0.1, 0.15) is 0 Å². The number of rotatable bonds is 11. The Morgan fingerprint density at radius 1 is 0.714 bits per heavy atom. The van der Waals surface area contributed by atoms with E-state index in [2.05, 4.69) is 83.6 Å². The second-order valence-electron chi connectivity index (χ2n) is 15.4. The Morgan fingerprint density at radius 2 is 1.12 bits per heavy atom. The summed E-state index contributed by atoms with van der Waals surface area (Å²) in [4.78, 5) is 26.8. The maximum absolute atomic E-state index is 13.4. The van der Waals surface area contributed by atoms with Gasteiger partial charge in [-0.05, 0) is 74.3 Å². The van der Waals surface area contributed by atoms with Gasteiger partial charge in [-0.2, -0.15) is 0 Å². The second kappa shape index (κ2) is 13.7. The van der Waals surface area contributed by atoms with E-state index in [0.717, 1.165) is 36.8 Å². The number of carbonyl (C=O) groups excluding carboxylic acids is 2. The van der Waals surface area contributed by atoms with Crippen LogP contribution in [0.1, 0.15) is 99.1 Å². The van der Waals surface area contributed by atoms with Crippen LogP contribution in [0.25, 0.3) is 0 Å². The predicted octanol–water partition coefficient (Wildman–Crippen LogP) is 6.36. The molecule has 2 aromatic carbocycles. The first kappa shape index (κ1) is 33.8. The summed E-state index contributed by atoms with van der Waals surface area (Å²) < 4.78 is 0. The lowest BCUT2D eigenvalue weighted by Crippen LogP contribution is -2.63. The molecule has 1 aliphatic carbocycles. The van der Waals surface area contributed by atoms with Crippen molar-refractivity contribution in [3.63, 3.8) is 0 Å². The summed E-state index contributed by atoms with van der Waals surface area (Å²) in [5.74, 6) is 0.502. The van der Waals surface area contributed by atoms with Gasteiger partial charge in [-0.15, -0.1) is 0 Å². The molecule has 2 amide bonds. The molecule has 1 aliphatic rings. The zero-order valence-corrected chi connectivity index (χ0v) is 27.6. The molecule has 0 saturated heterocycles. The van der Waals surface area contributed by atoms with Crippen LogP contribution >= 0.6 is 0 Å². The molecule has 42 heavy (non-hydrogen) atoms. The molecule has 2 aromatic rings. The average molecular weight is 577 g/mol. The molecule has 0 spiro atoms. The first-order chi connectivity index (χ1) is 19.5. The second-order valence-corrected chi connectivity index (χ2v) is 15.4. The van der Waals surface area contributed by atoms with Gasteiger partial charge in [-0.3, -0.25) is 9.59 Å². The molecular formula is C36H56N4O2.